The molecule has 0 aliphatic heterocycles. The quantitative estimate of drug-likeness (QED) is 0.615. The van der Waals surface area contributed by atoms with E-state index in [9.17, 15) is 9.59 Å². The maximum atomic E-state index is 9.37. The van der Waals surface area contributed by atoms with Crippen LogP contribution in [0.5, 0.6) is 0 Å². The fourth-order valence-electron chi connectivity index (χ4n) is 0. The first-order valence-corrected chi connectivity index (χ1v) is 2.98. The number of hydrogen-bond donors (Lipinski definition) is 2. The van der Waals surface area contributed by atoms with Crippen LogP contribution < -0.4 is 0 Å². The van der Waals surface area contributed by atoms with Crippen molar-refractivity contribution >= 4 is 11.9 Å². The van der Waals surface area contributed by atoms with Gasteiger partial charge in [0.15, 0.2) is 0 Å². The Morgan fingerprint density at radius 3 is 1.00 bits per heavy atom. The summed E-state index contributed by atoms with van der Waals surface area (Å²) in [4.78, 5) is 18.7. The van der Waals surface area contributed by atoms with Crippen molar-refractivity contribution in [3.8, 4) is 0 Å². The predicted molar refractivity (Wildman–Crippen MR) is 43.1 cm³/mol. The van der Waals surface area contributed by atoms with E-state index in [4.69, 9.17) is 10.2 Å². The minimum Gasteiger partial charge on any atom is -0.481 e. The van der Waals surface area contributed by atoms with Crippen LogP contribution in [0.4, 0.5) is 0 Å². The third kappa shape index (κ3) is 87.7. The van der Waals surface area contributed by atoms with Crippen molar-refractivity contribution in [2.45, 2.75) is 26.7 Å². The van der Waals surface area contributed by atoms with Gasteiger partial charge in [-0.25, -0.2) is 0 Å². The van der Waals surface area contributed by atoms with Crippen LogP contribution in [0, 0.1) is 0 Å². The molecule has 0 aromatic carbocycles. The second-order valence-corrected chi connectivity index (χ2v) is 1.49. The molecule has 0 spiro atoms. The van der Waals surface area contributed by atoms with Crippen LogP contribution in [-0.4, -0.2) is 33.1 Å². The summed E-state index contributed by atoms with van der Waals surface area (Å²) < 4.78 is 0. The molecule has 0 aromatic heterocycles. The largest absolute Gasteiger partial charge is 0.481 e. The fourth-order valence-corrected chi connectivity index (χ4v) is 0. The summed E-state index contributed by atoms with van der Waals surface area (Å²) in [6, 6.07) is 0. The molecule has 13 heavy (non-hydrogen) atoms. The molecule has 0 aliphatic rings. The smallest absolute Gasteiger partial charge is 0.303 e. The van der Waals surface area contributed by atoms with Crippen molar-refractivity contribution in [1.29, 1.82) is 0 Å². The Labute approximate surface area is 87.0 Å². The zero-order chi connectivity index (χ0) is 8.57. The van der Waals surface area contributed by atoms with Gasteiger partial charge in [0.2, 0.25) is 0 Å². The third-order valence-corrected chi connectivity index (χ3v) is 0.605. The van der Waals surface area contributed by atoms with E-state index >= 15 is 0 Å². The molecule has 6 nitrogen and oxygen atoms in total. The summed E-state index contributed by atoms with van der Waals surface area (Å²) in [6.07, 6.45) is 0.444. The molecule has 0 heterocycles. The molecule has 0 aliphatic carbocycles. The van der Waals surface area contributed by atoms with Crippen molar-refractivity contribution < 1.29 is 47.8 Å². The first kappa shape index (κ1) is 29.4. The van der Waals surface area contributed by atoms with Crippen molar-refractivity contribution in [2.75, 3.05) is 0 Å². The van der Waals surface area contributed by atoms with Gasteiger partial charge in [-0.05, 0) is 0 Å². The third-order valence-electron chi connectivity index (χ3n) is 0.605. The molecule has 6 N–H and O–H groups in total. The van der Waals surface area contributed by atoms with Gasteiger partial charge in [0.05, 0.1) is 0 Å². The molecule has 0 fully saturated rings. The van der Waals surface area contributed by atoms with Crippen LogP contribution in [0.25, 0.3) is 0 Å². The SMILES string of the molecule is CCC(=O)O.CCC(=O)O.O.O.[Mn]. The van der Waals surface area contributed by atoms with Gasteiger partial charge < -0.3 is 21.2 Å². The number of carbonyl (C=O) groups is 2. The van der Waals surface area contributed by atoms with Gasteiger partial charge in [0.25, 0.3) is 0 Å². The second kappa shape index (κ2) is 22.5. The summed E-state index contributed by atoms with van der Waals surface area (Å²) in [5.74, 6) is -1.49. The molecule has 0 rings (SSSR count). The molecule has 0 atom stereocenters. The topological polar surface area (TPSA) is 138 Å². The average Bonchev–Trinajstić information content (AvgIpc) is 1.89. The first-order valence-electron chi connectivity index (χ1n) is 2.98. The molecule has 0 bridgehead atoms. The number of rotatable bonds is 2. The van der Waals surface area contributed by atoms with Gasteiger partial charge >= 0.3 is 11.9 Å². The monoisotopic (exact) mass is 239 g/mol. The molecule has 0 aromatic rings. The summed E-state index contributed by atoms with van der Waals surface area (Å²) in [6.45, 7) is 3.20. The summed E-state index contributed by atoms with van der Waals surface area (Å²) in [5.41, 5.74) is 0. The predicted octanol–water partition coefficient (Wildman–Crippen LogP) is -0.690. The standard InChI is InChI=1S/2C3H6O2.Mn.2H2O/c2*1-2-3(4)5;;;/h2*2H2,1H3,(H,4,5);;2*1H2. The van der Waals surface area contributed by atoms with E-state index in [1.807, 2.05) is 0 Å². The van der Waals surface area contributed by atoms with Gasteiger partial charge in [-0.1, -0.05) is 13.8 Å². The van der Waals surface area contributed by atoms with E-state index in [-0.39, 0.29) is 40.9 Å². The summed E-state index contributed by atoms with van der Waals surface area (Å²) in [5, 5.41) is 15.4. The Hall–Kier alpha value is -0.621. The summed E-state index contributed by atoms with van der Waals surface area (Å²) in [7, 11) is 0. The van der Waals surface area contributed by atoms with E-state index in [0.717, 1.165) is 0 Å². The maximum Gasteiger partial charge on any atom is 0.303 e. The van der Waals surface area contributed by atoms with E-state index in [1.165, 1.54) is 0 Å². The van der Waals surface area contributed by atoms with Crippen LogP contribution in [0.2, 0.25) is 0 Å². The molecule has 7 heteroatoms. The van der Waals surface area contributed by atoms with Crippen LogP contribution in [0.3, 0.4) is 0 Å². The van der Waals surface area contributed by atoms with Crippen LogP contribution in [0.15, 0.2) is 0 Å². The van der Waals surface area contributed by atoms with Crippen molar-refractivity contribution in [2.24, 2.45) is 0 Å². The Balaban J connectivity index is -0.0000000267. The Kier molecular flexibility index (Phi) is 51.0. The van der Waals surface area contributed by atoms with Gasteiger partial charge in [0, 0.05) is 29.9 Å². The first-order chi connectivity index (χ1) is 4.54. The Bertz CT molecular complexity index is 102. The Morgan fingerprint density at radius 1 is 0.923 bits per heavy atom. The zero-order valence-electron chi connectivity index (χ0n) is 7.50. The van der Waals surface area contributed by atoms with Crippen molar-refractivity contribution in [3.63, 3.8) is 0 Å². The van der Waals surface area contributed by atoms with Gasteiger partial charge in [0.1, 0.15) is 0 Å². The second-order valence-electron chi connectivity index (χ2n) is 1.49. The van der Waals surface area contributed by atoms with Crippen LogP contribution in [0.1, 0.15) is 26.7 Å². The average molecular weight is 239 g/mol. The van der Waals surface area contributed by atoms with Crippen molar-refractivity contribution in [1.82, 2.24) is 0 Å². The van der Waals surface area contributed by atoms with E-state index in [1.54, 1.807) is 13.8 Å². The Morgan fingerprint density at radius 2 is 1.00 bits per heavy atom. The van der Waals surface area contributed by atoms with E-state index < -0.39 is 11.9 Å². The van der Waals surface area contributed by atoms with Crippen molar-refractivity contribution in [3.05, 3.63) is 0 Å². The number of carboxylic acid groups (broad SMARTS) is 2. The molecule has 83 valence electrons. The molecule has 0 amide bonds. The number of hydrogen-bond acceptors (Lipinski definition) is 2. The number of aliphatic carboxylic acids is 2. The molecule has 0 unspecified atom stereocenters. The normalized spacial score (nSPS) is 5.69. The van der Waals surface area contributed by atoms with Crippen LogP contribution >= 0.6 is 0 Å². The summed E-state index contributed by atoms with van der Waals surface area (Å²) >= 11 is 0. The maximum absolute atomic E-state index is 9.37. The van der Waals surface area contributed by atoms with Gasteiger partial charge in [-0.3, -0.25) is 9.59 Å². The molecule has 0 saturated carbocycles. The van der Waals surface area contributed by atoms with Gasteiger partial charge in [-0.2, -0.15) is 0 Å². The van der Waals surface area contributed by atoms with E-state index in [2.05, 4.69) is 0 Å². The minimum absolute atomic E-state index is 0. The molecule has 1 radical (unpaired) electrons. The molecular weight excluding hydrogens is 223 g/mol. The fraction of sp³-hybridized carbons (Fsp3) is 0.667. The minimum atomic E-state index is -0.745. The van der Waals surface area contributed by atoms with E-state index in [0.29, 0.717) is 0 Å². The number of carboxylic acids is 2. The molecular formula is C6H16MnO6. The van der Waals surface area contributed by atoms with Crippen LogP contribution in [-0.2, 0) is 26.7 Å². The molecule has 0 saturated heterocycles. The zero-order valence-corrected chi connectivity index (χ0v) is 8.68. The van der Waals surface area contributed by atoms with Gasteiger partial charge in [-0.15, -0.1) is 0 Å².